The molecular weight excluding hydrogens is 467 g/mol. The van der Waals surface area contributed by atoms with E-state index >= 15 is 0 Å². The van der Waals surface area contributed by atoms with E-state index in [1.807, 2.05) is 24.3 Å². The molecule has 0 aliphatic carbocycles. The molecule has 35 heavy (non-hydrogen) atoms. The van der Waals surface area contributed by atoms with Crippen LogP contribution < -0.4 is 9.64 Å². The third-order valence-corrected chi connectivity index (χ3v) is 6.50. The molecule has 2 aromatic heterocycles. The maximum absolute atomic E-state index is 13.4. The summed E-state index contributed by atoms with van der Waals surface area (Å²) in [5.41, 5.74) is 2.47. The quantitative estimate of drug-likeness (QED) is 0.233. The van der Waals surface area contributed by atoms with Gasteiger partial charge in [0.05, 0.1) is 5.69 Å². The SMILES string of the molecule is CCCCSc1nnc2c(n1)O[C@@H](c1ccc(-c3ccc(F)cc3)o1)N(C(C)=O)c1ccccc1-2. The zero-order chi connectivity index (χ0) is 24.4. The molecule has 1 aliphatic rings. The Bertz CT molecular complexity index is 1360. The van der Waals surface area contributed by atoms with Gasteiger partial charge >= 0.3 is 0 Å². The van der Waals surface area contributed by atoms with E-state index in [0.29, 0.717) is 39.2 Å². The summed E-state index contributed by atoms with van der Waals surface area (Å²) in [5, 5.41) is 9.22. The highest BCUT2D eigenvalue weighted by Gasteiger charge is 2.36. The second-order valence-electron chi connectivity index (χ2n) is 8.04. The van der Waals surface area contributed by atoms with Crippen LogP contribution >= 0.6 is 11.8 Å². The smallest absolute Gasteiger partial charge is 0.247 e. The summed E-state index contributed by atoms with van der Waals surface area (Å²) < 4.78 is 25.8. The number of ether oxygens (including phenoxy) is 1. The van der Waals surface area contributed by atoms with Crippen molar-refractivity contribution in [3.05, 3.63) is 72.2 Å². The number of carbonyl (C=O) groups excluding carboxylic acids is 1. The van der Waals surface area contributed by atoms with Crippen molar-refractivity contribution in [2.45, 2.75) is 38.1 Å². The Balaban J connectivity index is 1.59. The van der Waals surface area contributed by atoms with E-state index in [-0.39, 0.29) is 17.6 Å². The highest BCUT2D eigenvalue weighted by atomic mass is 32.2. The number of nitrogens with zero attached hydrogens (tertiary/aromatic N) is 4. The predicted molar refractivity (Wildman–Crippen MR) is 132 cm³/mol. The van der Waals surface area contributed by atoms with Crippen LogP contribution in [0.15, 0.2) is 70.2 Å². The number of thioether (sulfide) groups is 1. The minimum atomic E-state index is -0.922. The normalized spacial score (nSPS) is 14.6. The number of amides is 1. The fraction of sp³-hybridized carbons (Fsp3) is 0.231. The first-order chi connectivity index (χ1) is 17.0. The van der Waals surface area contributed by atoms with Gasteiger partial charge in [0.2, 0.25) is 23.2 Å². The summed E-state index contributed by atoms with van der Waals surface area (Å²) >= 11 is 1.51. The van der Waals surface area contributed by atoms with Crippen LogP contribution in [0.4, 0.5) is 10.1 Å². The number of hydrogen-bond acceptors (Lipinski definition) is 7. The van der Waals surface area contributed by atoms with Crippen LogP contribution in [0, 0.1) is 5.82 Å². The third-order valence-electron chi connectivity index (χ3n) is 5.58. The summed E-state index contributed by atoms with van der Waals surface area (Å²) in [6.45, 7) is 3.60. The number of halogens is 1. The van der Waals surface area contributed by atoms with Gasteiger partial charge in [0, 0.05) is 23.8 Å². The maximum Gasteiger partial charge on any atom is 0.247 e. The van der Waals surface area contributed by atoms with Crippen LogP contribution in [-0.4, -0.2) is 26.8 Å². The lowest BCUT2D eigenvalue weighted by atomic mass is 10.1. The van der Waals surface area contributed by atoms with Crippen LogP contribution in [0.3, 0.4) is 0 Å². The van der Waals surface area contributed by atoms with E-state index in [2.05, 4.69) is 22.1 Å². The van der Waals surface area contributed by atoms with E-state index < -0.39 is 6.23 Å². The molecule has 0 N–H and O–H groups in total. The van der Waals surface area contributed by atoms with Gasteiger partial charge in [-0.2, -0.15) is 4.98 Å². The van der Waals surface area contributed by atoms with Gasteiger partial charge in [0.25, 0.3) is 0 Å². The van der Waals surface area contributed by atoms with Gasteiger partial charge in [-0.05, 0) is 48.9 Å². The summed E-state index contributed by atoms with van der Waals surface area (Å²) in [5.74, 6) is 1.52. The van der Waals surface area contributed by atoms with Crippen molar-refractivity contribution in [1.29, 1.82) is 0 Å². The molecule has 1 amide bonds. The first-order valence-corrected chi connectivity index (χ1v) is 12.3. The Labute approximate surface area is 206 Å². The molecule has 0 radical (unpaired) electrons. The van der Waals surface area contributed by atoms with Gasteiger partial charge in [-0.25, -0.2) is 4.39 Å². The minimum Gasteiger partial charge on any atom is -0.455 e. The number of fused-ring (bicyclic) bond motifs is 3. The molecule has 7 nitrogen and oxygen atoms in total. The van der Waals surface area contributed by atoms with Gasteiger partial charge < -0.3 is 9.15 Å². The second-order valence-corrected chi connectivity index (χ2v) is 9.10. The number of anilines is 1. The molecule has 5 rings (SSSR count). The van der Waals surface area contributed by atoms with E-state index in [0.717, 1.165) is 18.6 Å². The molecule has 3 heterocycles. The average Bonchev–Trinajstić information content (AvgIpc) is 3.29. The Hall–Kier alpha value is -3.72. The predicted octanol–water partition coefficient (Wildman–Crippen LogP) is 6.27. The lowest BCUT2D eigenvalue weighted by Crippen LogP contribution is -2.35. The molecule has 1 atom stereocenters. The molecule has 9 heteroatoms. The molecule has 0 bridgehead atoms. The van der Waals surface area contributed by atoms with Crippen molar-refractivity contribution in [3.63, 3.8) is 0 Å². The van der Waals surface area contributed by atoms with Gasteiger partial charge in [0.1, 0.15) is 11.6 Å². The fourth-order valence-corrected chi connectivity index (χ4v) is 4.72. The average molecular weight is 491 g/mol. The number of rotatable bonds is 6. The molecule has 1 aliphatic heterocycles. The van der Waals surface area contributed by atoms with E-state index in [9.17, 15) is 9.18 Å². The molecule has 178 valence electrons. The molecule has 0 saturated heterocycles. The Morgan fingerprint density at radius 2 is 1.89 bits per heavy atom. The van der Waals surface area contributed by atoms with Crippen molar-refractivity contribution in [1.82, 2.24) is 15.2 Å². The summed E-state index contributed by atoms with van der Waals surface area (Å²) in [7, 11) is 0. The van der Waals surface area contributed by atoms with Gasteiger partial charge in [0.15, 0.2) is 11.5 Å². The maximum atomic E-state index is 13.4. The minimum absolute atomic E-state index is 0.236. The molecule has 0 unspecified atom stereocenters. The molecular formula is C26H23FN4O3S. The van der Waals surface area contributed by atoms with Crippen LogP contribution in [0.5, 0.6) is 5.88 Å². The van der Waals surface area contributed by atoms with Crippen LogP contribution in [0.2, 0.25) is 0 Å². The lowest BCUT2D eigenvalue weighted by Gasteiger charge is -2.28. The van der Waals surface area contributed by atoms with Gasteiger partial charge in [-0.3, -0.25) is 9.69 Å². The zero-order valence-electron chi connectivity index (χ0n) is 19.3. The number of hydrogen-bond donors (Lipinski definition) is 0. The molecule has 4 aromatic rings. The van der Waals surface area contributed by atoms with Crippen molar-refractivity contribution < 1.29 is 18.3 Å². The van der Waals surface area contributed by atoms with E-state index in [4.69, 9.17) is 9.15 Å². The summed E-state index contributed by atoms with van der Waals surface area (Å²) in [6.07, 6.45) is 1.18. The lowest BCUT2D eigenvalue weighted by molar-refractivity contribution is -0.118. The first kappa shape index (κ1) is 23.0. The Kier molecular flexibility index (Phi) is 6.50. The van der Waals surface area contributed by atoms with E-state index in [1.165, 1.54) is 35.7 Å². The van der Waals surface area contributed by atoms with Crippen molar-refractivity contribution >= 4 is 23.4 Å². The zero-order valence-corrected chi connectivity index (χ0v) is 20.1. The number of carbonyl (C=O) groups is 1. The Morgan fingerprint density at radius 3 is 2.66 bits per heavy atom. The third kappa shape index (κ3) is 4.64. The topological polar surface area (TPSA) is 81.3 Å². The number of para-hydroxylation sites is 1. The number of aromatic nitrogens is 3. The first-order valence-electron chi connectivity index (χ1n) is 11.3. The monoisotopic (exact) mass is 490 g/mol. The number of furan rings is 1. The summed E-state index contributed by atoms with van der Waals surface area (Å²) in [6, 6.07) is 16.9. The van der Waals surface area contributed by atoms with Gasteiger partial charge in [-0.15, -0.1) is 10.2 Å². The summed E-state index contributed by atoms with van der Waals surface area (Å²) in [4.78, 5) is 19.1. The van der Waals surface area contributed by atoms with Crippen LogP contribution in [-0.2, 0) is 4.79 Å². The highest BCUT2D eigenvalue weighted by molar-refractivity contribution is 7.99. The Morgan fingerprint density at radius 1 is 1.09 bits per heavy atom. The molecule has 2 aromatic carbocycles. The molecule has 0 fully saturated rings. The van der Waals surface area contributed by atoms with Crippen LogP contribution in [0.25, 0.3) is 22.6 Å². The molecule has 0 saturated carbocycles. The molecule has 0 spiro atoms. The standard InChI is InChI=1S/C26H23FN4O3S/c1-3-4-15-35-26-28-24-23(29-30-26)19-7-5-6-8-20(19)31(16(2)32)25(34-24)22-14-13-21(33-22)17-9-11-18(27)12-10-17/h5-14,25H,3-4,15H2,1-2H3/t25-/m0/s1. The van der Waals surface area contributed by atoms with E-state index in [1.54, 1.807) is 24.3 Å². The van der Waals surface area contributed by atoms with Crippen molar-refractivity contribution in [3.8, 4) is 28.5 Å². The van der Waals surface area contributed by atoms with Gasteiger partial charge in [-0.1, -0.05) is 43.3 Å². The second kappa shape index (κ2) is 9.87. The number of benzene rings is 2. The largest absolute Gasteiger partial charge is 0.455 e. The number of unbranched alkanes of at least 4 members (excludes halogenated alkanes) is 1. The van der Waals surface area contributed by atoms with Crippen molar-refractivity contribution in [2.75, 3.05) is 10.7 Å². The fourth-order valence-electron chi connectivity index (χ4n) is 3.86. The van der Waals surface area contributed by atoms with Crippen molar-refractivity contribution in [2.24, 2.45) is 0 Å². The van der Waals surface area contributed by atoms with Crippen LogP contribution in [0.1, 0.15) is 38.7 Å². The highest BCUT2D eigenvalue weighted by Crippen LogP contribution is 2.44.